The molecule has 5 heteroatoms. The number of rotatable bonds is 2. The summed E-state index contributed by atoms with van der Waals surface area (Å²) in [5.74, 6) is -2.80. The Morgan fingerprint density at radius 2 is 2.10 bits per heavy atom. The van der Waals surface area contributed by atoms with Gasteiger partial charge < -0.3 is 4.74 Å². The smallest absolute Gasteiger partial charge is 0.341 e. The molecule has 3 atom stereocenters. The number of aromatic nitrogens is 1. The topological polar surface area (TPSA) is 39.2 Å². The monoisotopic (exact) mass is 295 g/mol. The Morgan fingerprint density at radius 3 is 2.67 bits per heavy atom. The van der Waals surface area contributed by atoms with Gasteiger partial charge in [0.1, 0.15) is 11.7 Å². The number of ether oxygens (including phenoxy) is 1. The summed E-state index contributed by atoms with van der Waals surface area (Å²) >= 11 is 0. The van der Waals surface area contributed by atoms with Crippen LogP contribution in [0.4, 0.5) is 8.78 Å². The predicted octanol–water partition coefficient (Wildman–Crippen LogP) is 3.73. The van der Waals surface area contributed by atoms with Crippen molar-refractivity contribution in [3.05, 3.63) is 29.6 Å². The largest absolute Gasteiger partial charge is 0.458 e. The van der Waals surface area contributed by atoms with E-state index in [4.69, 9.17) is 4.74 Å². The van der Waals surface area contributed by atoms with Gasteiger partial charge in [0.05, 0.1) is 0 Å². The molecule has 2 bridgehead atoms. The van der Waals surface area contributed by atoms with Gasteiger partial charge in [0.2, 0.25) is 5.95 Å². The van der Waals surface area contributed by atoms with Gasteiger partial charge in [-0.1, -0.05) is 20.8 Å². The molecule has 114 valence electrons. The van der Waals surface area contributed by atoms with E-state index in [9.17, 15) is 13.6 Å². The highest BCUT2D eigenvalue weighted by atomic mass is 19.2. The van der Waals surface area contributed by atoms with Crippen LogP contribution in [-0.2, 0) is 4.74 Å². The number of halogens is 2. The minimum atomic E-state index is -1.27. The first-order valence-corrected chi connectivity index (χ1v) is 7.28. The van der Waals surface area contributed by atoms with Gasteiger partial charge in [-0.2, -0.15) is 4.39 Å². The van der Waals surface area contributed by atoms with Crippen molar-refractivity contribution in [1.29, 1.82) is 0 Å². The molecule has 0 saturated heterocycles. The second-order valence-corrected chi connectivity index (χ2v) is 6.97. The maximum absolute atomic E-state index is 13.6. The average Bonchev–Trinajstić information content (AvgIpc) is 2.75. The second-order valence-electron chi connectivity index (χ2n) is 6.97. The molecule has 21 heavy (non-hydrogen) atoms. The summed E-state index contributed by atoms with van der Waals surface area (Å²) in [5.41, 5.74) is -0.387. The first kappa shape index (κ1) is 14.4. The molecule has 2 aliphatic rings. The molecule has 0 aromatic carbocycles. The fourth-order valence-electron chi connectivity index (χ4n) is 4.08. The molecule has 0 radical (unpaired) electrons. The fourth-order valence-corrected chi connectivity index (χ4v) is 4.08. The van der Waals surface area contributed by atoms with Gasteiger partial charge in [0.25, 0.3) is 0 Å². The lowest BCUT2D eigenvalue weighted by Crippen LogP contribution is -2.38. The predicted molar refractivity (Wildman–Crippen MR) is 72.6 cm³/mol. The molecular weight excluding hydrogens is 276 g/mol. The van der Waals surface area contributed by atoms with E-state index in [0.29, 0.717) is 5.92 Å². The lowest BCUT2D eigenvalue weighted by Gasteiger charge is -2.38. The molecular formula is C16H19F2NO2. The van der Waals surface area contributed by atoms with Crippen LogP contribution >= 0.6 is 0 Å². The van der Waals surface area contributed by atoms with Gasteiger partial charge in [0.15, 0.2) is 5.82 Å². The van der Waals surface area contributed by atoms with E-state index >= 15 is 0 Å². The molecule has 0 spiro atoms. The lowest BCUT2D eigenvalue weighted by molar-refractivity contribution is -0.0246. The van der Waals surface area contributed by atoms with Gasteiger partial charge in [0, 0.05) is 11.6 Å². The Kier molecular flexibility index (Phi) is 3.08. The number of esters is 1. The average molecular weight is 295 g/mol. The molecule has 2 saturated carbocycles. The van der Waals surface area contributed by atoms with Crippen molar-refractivity contribution in [2.75, 3.05) is 0 Å². The first-order valence-electron chi connectivity index (χ1n) is 7.28. The fraction of sp³-hybridized carbons (Fsp3) is 0.625. The van der Waals surface area contributed by atoms with Crippen molar-refractivity contribution in [2.24, 2.45) is 16.7 Å². The lowest BCUT2D eigenvalue weighted by atomic mass is 9.70. The maximum Gasteiger partial charge on any atom is 0.341 e. The third-order valence-corrected chi connectivity index (χ3v) is 6.03. The summed E-state index contributed by atoms with van der Waals surface area (Å²) in [7, 11) is 0. The Bertz CT molecular complexity index is 602. The molecule has 3 nitrogen and oxygen atoms in total. The standard InChI is InChI=1S/C16H19F2NO2/c1-15(2)9-4-6-16(15,3)11(8-9)21-14(20)10-5-7-19-13(18)12(10)17/h5,7,9,11H,4,6,8H2,1-3H3. The van der Waals surface area contributed by atoms with E-state index < -0.39 is 17.7 Å². The van der Waals surface area contributed by atoms with Crippen molar-refractivity contribution in [2.45, 2.75) is 46.1 Å². The number of pyridine rings is 1. The van der Waals surface area contributed by atoms with Crippen LogP contribution < -0.4 is 0 Å². The SMILES string of the molecule is CC1(C)C2CCC1(C)C(OC(=O)c1ccnc(F)c1F)C2. The molecule has 2 fully saturated rings. The molecule has 0 N–H and O–H groups in total. The van der Waals surface area contributed by atoms with E-state index in [-0.39, 0.29) is 22.5 Å². The van der Waals surface area contributed by atoms with E-state index in [0.717, 1.165) is 31.5 Å². The Morgan fingerprint density at radius 1 is 1.38 bits per heavy atom. The minimum Gasteiger partial charge on any atom is -0.458 e. The summed E-state index contributed by atoms with van der Waals surface area (Å²) < 4.78 is 32.3. The Balaban J connectivity index is 1.82. The molecule has 1 aromatic rings. The summed E-state index contributed by atoms with van der Waals surface area (Å²) in [6.07, 6.45) is 3.76. The van der Waals surface area contributed by atoms with Crippen molar-refractivity contribution >= 4 is 5.97 Å². The molecule has 1 aromatic heterocycles. The first-order chi connectivity index (χ1) is 9.77. The summed E-state index contributed by atoms with van der Waals surface area (Å²) in [6, 6.07) is 1.15. The normalized spacial score (nSPS) is 33.2. The third kappa shape index (κ3) is 1.89. The van der Waals surface area contributed by atoms with E-state index in [1.807, 2.05) is 0 Å². The number of carbonyl (C=O) groups excluding carboxylic acids is 1. The van der Waals surface area contributed by atoms with Crippen LogP contribution in [0.3, 0.4) is 0 Å². The van der Waals surface area contributed by atoms with Gasteiger partial charge in [-0.05, 0) is 36.7 Å². The number of fused-ring (bicyclic) bond motifs is 2. The quantitative estimate of drug-likeness (QED) is 0.616. The summed E-state index contributed by atoms with van der Waals surface area (Å²) in [5, 5.41) is 0. The van der Waals surface area contributed by atoms with E-state index in [1.165, 1.54) is 0 Å². The highest BCUT2D eigenvalue weighted by Gasteiger charge is 2.62. The summed E-state index contributed by atoms with van der Waals surface area (Å²) in [6.45, 7) is 6.53. The molecule has 0 amide bonds. The number of hydrogen-bond donors (Lipinski definition) is 0. The highest BCUT2D eigenvalue weighted by Crippen LogP contribution is 2.66. The maximum atomic E-state index is 13.6. The summed E-state index contributed by atoms with van der Waals surface area (Å²) in [4.78, 5) is 15.3. The Hall–Kier alpha value is -1.52. The molecule has 3 unspecified atom stereocenters. The molecule has 3 rings (SSSR count). The van der Waals surface area contributed by atoms with Crippen molar-refractivity contribution in [3.8, 4) is 0 Å². The van der Waals surface area contributed by atoms with Gasteiger partial charge in [-0.15, -0.1) is 0 Å². The van der Waals surface area contributed by atoms with Crippen molar-refractivity contribution in [1.82, 2.24) is 4.98 Å². The van der Waals surface area contributed by atoms with Crippen LogP contribution in [0.15, 0.2) is 12.3 Å². The van der Waals surface area contributed by atoms with Crippen LogP contribution in [-0.4, -0.2) is 17.1 Å². The zero-order chi connectivity index (χ0) is 15.4. The van der Waals surface area contributed by atoms with E-state index in [2.05, 4.69) is 25.8 Å². The number of carbonyl (C=O) groups is 1. The van der Waals surface area contributed by atoms with Crippen LogP contribution in [0.25, 0.3) is 0 Å². The zero-order valence-electron chi connectivity index (χ0n) is 12.5. The minimum absolute atomic E-state index is 0.0972. The van der Waals surface area contributed by atoms with E-state index in [1.54, 1.807) is 0 Å². The molecule has 2 aliphatic carbocycles. The van der Waals surface area contributed by atoms with Crippen LogP contribution in [0.5, 0.6) is 0 Å². The van der Waals surface area contributed by atoms with Crippen molar-refractivity contribution in [3.63, 3.8) is 0 Å². The van der Waals surface area contributed by atoms with Crippen LogP contribution in [0.2, 0.25) is 0 Å². The molecule has 0 aliphatic heterocycles. The number of nitrogens with zero attached hydrogens (tertiary/aromatic N) is 1. The van der Waals surface area contributed by atoms with Crippen LogP contribution in [0, 0.1) is 28.5 Å². The second kappa shape index (κ2) is 4.49. The zero-order valence-corrected chi connectivity index (χ0v) is 12.5. The Labute approximate surface area is 122 Å². The van der Waals surface area contributed by atoms with Gasteiger partial charge in [-0.25, -0.2) is 14.2 Å². The van der Waals surface area contributed by atoms with Crippen LogP contribution in [0.1, 0.15) is 50.4 Å². The van der Waals surface area contributed by atoms with Gasteiger partial charge >= 0.3 is 5.97 Å². The van der Waals surface area contributed by atoms with Gasteiger partial charge in [-0.3, -0.25) is 0 Å². The third-order valence-electron chi connectivity index (χ3n) is 6.03. The number of hydrogen-bond acceptors (Lipinski definition) is 3. The highest BCUT2D eigenvalue weighted by molar-refractivity contribution is 5.89. The molecule has 1 heterocycles. The van der Waals surface area contributed by atoms with Crippen molar-refractivity contribution < 1.29 is 18.3 Å².